The molecule has 15 heavy (non-hydrogen) atoms. The maximum atomic E-state index is 9.18. The fourth-order valence-electron chi connectivity index (χ4n) is 0.824. The molecular formula is C10H11NO2S2. The van der Waals surface area contributed by atoms with E-state index >= 15 is 0 Å². The van der Waals surface area contributed by atoms with E-state index in [0.717, 1.165) is 0 Å². The third-order valence-corrected chi connectivity index (χ3v) is 3.27. The van der Waals surface area contributed by atoms with Crippen LogP contribution in [0, 0.1) is 0 Å². The van der Waals surface area contributed by atoms with E-state index in [1.54, 1.807) is 29.6 Å². The average molecular weight is 241 g/mol. The molecule has 0 fully saturated rings. The highest BCUT2D eigenvalue weighted by Gasteiger charge is 1.97. The number of carbonyl (C=O) groups is 1. The summed E-state index contributed by atoms with van der Waals surface area (Å²) in [5.74, 6) is 0. The van der Waals surface area contributed by atoms with Crippen LogP contribution in [0.4, 0.5) is 0 Å². The normalized spacial score (nSPS) is 8.87. The van der Waals surface area contributed by atoms with Gasteiger partial charge in [-0.3, -0.25) is 9.78 Å². The van der Waals surface area contributed by atoms with Gasteiger partial charge in [0, 0.05) is 11.1 Å². The number of thiophene rings is 1. The summed E-state index contributed by atoms with van der Waals surface area (Å²) >= 11 is 3.43. The summed E-state index contributed by atoms with van der Waals surface area (Å²) in [6, 6.07) is 4.16. The SMILES string of the molecule is CCOC=O.c1csc(-c2cncs2)c1. The van der Waals surface area contributed by atoms with Gasteiger partial charge in [-0.25, -0.2) is 0 Å². The maximum absolute atomic E-state index is 9.18. The van der Waals surface area contributed by atoms with Crippen molar-refractivity contribution in [2.24, 2.45) is 0 Å². The first kappa shape index (κ1) is 11.9. The highest BCUT2D eigenvalue weighted by atomic mass is 32.1. The van der Waals surface area contributed by atoms with Crippen LogP contribution in [0.2, 0.25) is 0 Å². The lowest BCUT2D eigenvalue weighted by Gasteiger charge is -1.83. The van der Waals surface area contributed by atoms with Crippen LogP contribution in [0.5, 0.6) is 0 Å². The van der Waals surface area contributed by atoms with Crippen molar-refractivity contribution in [3.05, 3.63) is 29.2 Å². The van der Waals surface area contributed by atoms with E-state index in [1.807, 2.05) is 11.7 Å². The van der Waals surface area contributed by atoms with Gasteiger partial charge in [0.1, 0.15) is 0 Å². The second-order valence-corrected chi connectivity index (χ2v) is 4.23. The van der Waals surface area contributed by atoms with E-state index in [-0.39, 0.29) is 0 Å². The Morgan fingerprint density at radius 1 is 1.47 bits per heavy atom. The predicted octanol–water partition coefficient (Wildman–Crippen LogP) is 3.05. The van der Waals surface area contributed by atoms with Gasteiger partial charge in [0.25, 0.3) is 6.47 Å². The number of thiazole rings is 1. The number of hydrogen-bond donors (Lipinski definition) is 0. The van der Waals surface area contributed by atoms with Gasteiger partial charge in [0.2, 0.25) is 0 Å². The third-order valence-electron chi connectivity index (χ3n) is 1.43. The molecule has 0 saturated carbocycles. The van der Waals surface area contributed by atoms with E-state index in [1.165, 1.54) is 9.75 Å². The molecule has 2 heterocycles. The fraction of sp³-hybridized carbons (Fsp3) is 0.200. The Hall–Kier alpha value is -1.20. The quantitative estimate of drug-likeness (QED) is 0.775. The summed E-state index contributed by atoms with van der Waals surface area (Å²) in [6.45, 7) is 2.66. The maximum Gasteiger partial charge on any atom is 0.293 e. The Kier molecular flexibility index (Phi) is 5.65. The van der Waals surface area contributed by atoms with Gasteiger partial charge in [-0.2, -0.15) is 0 Å². The molecule has 2 aromatic rings. The molecule has 0 N–H and O–H groups in total. The molecule has 0 aliphatic heterocycles. The minimum absolute atomic E-state index is 0.431. The fourth-order valence-corrected chi connectivity index (χ4v) is 2.28. The lowest BCUT2D eigenvalue weighted by molar-refractivity contribution is -0.128. The summed E-state index contributed by atoms with van der Waals surface area (Å²) in [5, 5.41) is 2.08. The zero-order valence-electron chi connectivity index (χ0n) is 8.25. The molecule has 3 nitrogen and oxygen atoms in total. The van der Waals surface area contributed by atoms with Crippen LogP contribution in [0.25, 0.3) is 9.75 Å². The highest BCUT2D eigenvalue weighted by Crippen LogP contribution is 2.26. The van der Waals surface area contributed by atoms with Gasteiger partial charge >= 0.3 is 0 Å². The van der Waals surface area contributed by atoms with Crippen LogP contribution in [-0.4, -0.2) is 18.1 Å². The van der Waals surface area contributed by atoms with Crippen molar-refractivity contribution in [3.63, 3.8) is 0 Å². The lowest BCUT2D eigenvalue weighted by Crippen LogP contribution is -1.80. The van der Waals surface area contributed by atoms with E-state index in [0.29, 0.717) is 13.1 Å². The van der Waals surface area contributed by atoms with Gasteiger partial charge in [0.15, 0.2) is 0 Å². The minimum Gasteiger partial charge on any atom is -0.468 e. The first-order valence-corrected chi connectivity index (χ1v) is 6.12. The molecule has 5 heteroatoms. The number of rotatable bonds is 3. The molecular weight excluding hydrogens is 230 g/mol. The molecule has 0 aliphatic rings. The van der Waals surface area contributed by atoms with Crippen LogP contribution in [0.15, 0.2) is 29.2 Å². The van der Waals surface area contributed by atoms with E-state index < -0.39 is 0 Å². The Morgan fingerprint density at radius 3 is 2.73 bits per heavy atom. The monoisotopic (exact) mass is 241 g/mol. The second kappa shape index (κ2) is 7.14. The van der Waals surface area contributed by atoms with Crippen molar-refractivity contribution in [3.8, 4) is 9.75 Å². The average Bonchev–Trinajstić information content (AvgIpc) is 2.93. The van der Waals surface area contributed by atoms with Gasteiger partial charge in [0.05, 0.1) is 17.0 Å². The Morgan fingerprint density at radius 2 is 2.33 bits per heavy atom. The van der Waals surface area contributed by atoms with Gasteiger partial charge in [-0.05, 0) is 18.4 Å². The van der Waals surface area contributed by atoms with Crippen LogP contribution < -0.4 is 0 Å². The zero-order valence-corrected chi connectivity index (χ0v) is 9.88. The molecule has 0 aromatic carbocycles. The third kappa shape index (κ3) is 4.22. The molecule has 0 aliphatic carbocycles. The zero-order chi connectivity index (χ0) is 10.9. The first-order chi connectivity index (χ1) is 7.38. The van der Waals surface area contributed by atoms with Crippen molar-refractivity contribution in [1.29, 1.82) is 0 Å². The molecule has 0 spiro atoms. The first-order valence-electron chi connectivity index (χ1n) is 4.36. The van der Waals surface area contributed by atoms with Gasteiger partial charge in [-0.15, -0.1) is 22.7 Å². The van der Waals surface area contributed by atoms with Crippen molar-refractivity contribution in [2.45, 2.75) is 6.92 Å². The molecule has 0 radical (unpaired) electrons. The van der Waals surface area contributed by atoms with Crippen molar-refractivity contribution < 1.29 is 9.53 Å². The van der Waals surface area contributed by atoms with Crippen molar-refractivity contribution >= 4 is 29.1 Å². The Labute approximate surface area is 96.4 Å². The lowest BCUT2D eigenvalue weighted by atomic mass is 10.4. The molecule has 0 atom stereocenters. The van der Waals surface area contributed by atoms with Crippen LogP contribution >= 0.6 is 22.7 Å². The summed E-state index contributed by atoms with van der Waals surface area (Å²) < 4.78 is 4.15. The standard InChI is InChI=1S/C7H5NS2.C3H6O2/c1-2-6(9-3-1)7-4-8-5-10-7;1-2-5-3-4/h1-5H;3H,2H2,1H3. The summed E-state index contributed by atoms with van der Waals surface area (Å²) in [6.07, 6.45) is 1.90. The minimum atomic E-state index is 0.431. The summed E-state index contributed by atoms with van der Waals surface area (Å²) in [4.78, 5) is 15.8. The van der Waals surface area contributed by atoms with E-state index in [4.69, 9.17) is 0 Å². The number of nitrogens with zero attached hydrogens (tertiary/aromatic N) is 1. The topological polar surface area (TPSA) is 39.2 Å². The van der Waals surface area contributed by atoms with Crippen LogP contribution in [-0.2, 0) is 9.53 Å². The molecule has 0 bridgehead atoms. The number of carbonyl (C=O) groups excluding carboxylic acids is 1. The molecule has 2 rings (SSSR count). The number of aromatic nitrogens is 1. The Balaban J connectivity index is 0.000000195. The number of ether oxygens (including phenoxy) is 1. The molecule has 0 saturated heterocycles. The highest BCUT2D eigenvalue weighted by molar-refractivity contribution is 7.20. The molecule has 80 valence electrons. The van der Waals surface area contributed by atoms with Gasteiger partial charge < -0.3 is 4.74 Å². The predicted molar refractivity (Wildman–Crippen MR) is 63.1 cm³/mol. The van der Waals surface area contributed by atoms with Gasteiger partial charge in [-0.1, -0.05) is 6.07 Å². The van der Waals surface area contributed by atoms with Crippen molar-refractivity contribution in [1.82, 2.24) is 4.98 Å². The van der Waals surface area contributed by atoms with Crippen LogP contribution in [0.3, 0.4) is 0 Å². The number of hydrogen-bond acceptors (Lipinski definition) is 5. The smallest absolute Gasteiger partial charge is 0.293 e. The largest absolute Gasteiger partial charge is 0.468 e. The van der Waals surface area contributed by atoms with Crippen molar-refractivity contribution in [2.75, 3.05) is 6.61 Å². The Bertz CT molecular complexity index is 324. The second-order valence-electron chi connectivity index (χ2n) is 2.39. The van der Waals surface area contributed by atoms with Crippen LogP contribution in [0.1, 0.15) is 6.92 Å². The van der Waals surface area contributed by atoms with E-state index in [2.05, 4.69) is 27.2 Å². The summed E-state index contributed by atoms with van der Waals surface area (Å²) in [5.41, 5.74) is 1.86. The van der Waals surface area contributed by atoms with E-state index in [9.17, 15) is 4.79 Å². The molecule has 0 amide bonds. The summed E-state index contributed by atoms with van der Waals surface area (Å²) in [7, 11) is 0. The molecule has 2 aromatic heterocycles. The molecule has 0 unspecified atom stereocenters.